The second-order valence-electron chi connectivity index (χ2n) is 5.25. The Bertz CT molecular complexity index is 694. The van der Waals surface area contributed by atoms with Gasteiger partial charge >= 0.3 is 5.97 Å². The Labute approximate surface area is 126 Å². The molecular formula is C15H15N3O4. The van der Waals surface area contributed by atoms with Crippen molar-refractivity contribution in [2.45, 2.75) is 31.8 Å². The Morgan fingerprint density at radius 1 is 1.36 bits per heavy atom. The molecule has 7 nitrogen and oxygen atoms in total. The van der Waals surface area contributed by atoms with E-state index in [4.69, 9.17) is 9.63 Å². The number of hydrogen-bond donors (Lipinski definition) is 1. The van der Waals surface area contributed by atoms with Crippen molar-refractivity contribution in [2.24, 2.45) is 0 Å². The van der Waals surface area contributed by atoms with Crippen molar-refractivity contribution < 1.29 is 19.2 Å². The molecule has 0 spiro atoms. The molecular weight excluding hydrogens is 286 g/mol. The Morgan fingerprint density at radius 2 is 2.14 bits per heavy atom. The van der Waals surface area contributed by atoms with Crippen molar-refractivity contribution in [1.29, 1.82) is 0 Å². The van der Waals surface area contributed by atoms with Crippen molar-refractivity contribution in [3.05, 3.63) is 36.2 Å². The molecule has 1 amide bonds. The Morgan fingerprint density at radius 3 is 2.73 bits per heavy atom. The van der Waals surface area contributed by atoms with Crippen LogP contribution < -0.4 is 0 Å². The van der Waals surface area contributed by atoms with Gasteiger partial charge in [-0.3, -0.25) is 9.78 Å². The van der Waals surface area contributed by atoms with Crippen molar-refractivity contribution in [3.63, 3.8) is 0 Å². The normalized spacial score (nSPS) is 15.3. The van der Waals surface area contributed by atoms with Crippen LogP contribution in [0.2, 0.25) is 0 Å². The first-order valence-electron chi connectivity index (χ1n) is 7.01. The van der Waals surface area contributed by atoms with Gasteiger partial charge in [-0.2, -0.15) is 0 Å². The predicted molar refractivity (Wildman–Crippen MR) is 76.0 cm³/mol. The van der Waals surface area contributed by atoms with E-state index in [0.29, 0.717) is 11.4 Å². The van der Waals surface area contributed by atoms with E-state index in [1.165, 1.54) is 17.9 Å². The minimum absolute atomic E-state index is 0.0284. The van der Waals surface area contributed by atoms with Gasteiger partial charge in [0.15, 0.2) is 0 Å². The van der Waals surface area contributed by atoms with Gasteiger partial charge in [0, 0.05) is 18.3 Å². The highest BCUT2D eigenvalue weighted by Gasteiger charge is 2.40. The van der Waals surface area contributed by atoms with Gasteiger partial charge in [-0.15, -0.1) is 0 Å². The highest BCUT2D eigenvalue weighted by Crippen LogP contribution is 2.30. The predicted octanol–water partition coefficient (Wildman–Crippen LogP) is 1.81. The summed E-state index contributed by atoms with van der Waals surface area (Å²) in [6.07, 6.45) is 3.24. The van der Waals surface area contributed by atoms with Gasteiger partial charge in [0.2, 0.25) is 5.76 Å². The number of amides is 1. The van der Waals surface area contributed by atoms with Gasteiger partial charge in [0.05, 0.1) is 5.69 Å². The van der Waals surface area contributed by atoms with Crippen LogP contribution in [-0.2, 0) is 4.79 Å². The van der Waals surface area contributed by atoms with Crippen LogP contribution >= 0.6 is 0 Å². The molecule has 0 bridgehead atoms. The van der Waals surface area contributed by atoms with Gasteiger partial charge in [0.1, 0.15) is 11.7 Å². The summed E-state index contributed by atoms with van der Waals surface area (Å²) in [5, 5.41) is 13.0. The minimum Gasteiger partial charge on any atom is -0.480 e. The number of aromatic nitrogens is 2. The van der Waals surface area contributed by atoms with E-state index >= 15 is 0 Å². The van der Waals surface area contributed by atoms with Gasteiger partial charge in [0.25, 0.3) is 5.91 Å². The van der Waals surface area contributed by atoms with Crippen LogP contribution in [0.15, 0.2) is 35.0 Å². The third kappa shape index (κ3) is 2.69. The molecule has 114 valence electrons. The number of carbonyl (C=O) groups excluding carboxylic acids is 1. The van der Waals surface area contributed by atoms with Gasteiger partial charge < -0.3 is 14.5 Å². The average Bonchev–Trinajstić information content (AvgIpc) is 3.23. The highest BCUT2D eigenvalue weighted by atomic mass is 16.5. The number of pyridine rings is 1. The lowest BCUT2D eigenvalue weighted by molar-refractivity contribution is -0.141. The summed E-state index contributed by atoms with van der Waals surface area (Å²) >= 11 is 0. The second-order valence-corrected chi connectivity index (χ2v) is 5.25. The monoisotopic (exact) mass is 301 g/mol. The molecule has 0 aromatic carbocycles. The second kappa shape index (κ2) is 5.59. The van der Waals surface area contributed by atoms with E-state index in [1.807, 2.05) is 6.07 Å². The van der Waals surface area contributed by atoms with Crippen molar-refractivity contribution in [2.75, 3.05) is 0 Å². The zero-order valence-corrected chi connectivity index (χ0v) is 12.0. The van der Waals surface area contributed by atoms with Crippen LogP contribution in [0.5, 0.6) is 0 Å². The molecule has 0 saturated heterocycles. The molecule has 2 aromatic rings. The molecule has 1 atom stereocenters. The lowest BCUT2D eigenvalue weighted by Gasteiger charge is -2.25. The largest absolute Gasteiger partial charge is 0.480 e. The van der Waals surface area contributed by atoms with Gasteiger partial charge in [-0.1, -0.05) is 11.2 Å². The zero-order valence-electron chi connectivity index (χ0n) is 12.0. The molecule has 2 aromatic heterocycles. The van der Waals surface area contributed by atoms with Gasteiger partial charge in [-0.25, -0.2) is 4.79 Å². The summed E-state index contributed by atoms with van der Waals surface area (Å²) in [7, 11) is 0. The van der Waals surface area contributed by atoms with Crippen molar-refractivity contribution >= 4 is 11.9 Å². The van der Waals surface area contributed by atoms with Crippen LogP contribution in [0.1, 0.15) is 30.3 Å². The minimum atomic E-state index is -1.04. The Hall–Kier alpha value is -2.70. The SMILES string of the molecule is CC(C(=O)O)N(C(=O)c1cc(-c2ccccn2)no1)C1CC1. The number of carbonyl (C=O) groups is 2. The van der Waals surface area contributed by atoms with Crippen LogP contribution in [-0.4, -0.2) is 44.1 Å². The van der Waals surface area contributed by atoms with E-state index in [9.17, 15) is 9.59 Å². The number of aliphatic carboxylic acids is 1. The van der Waals surface area contributed by atoms with E-state index in [-0.39, 0.29) is 11.8 Å². The van der Waals surface area contributed by atoms with Crippen LogP contribution in [0, 0.1) is 0 Å². The number of carboxylic acids is 1. The summed E-state index contributed by atoms with van der Waals surface area (Å²) in [4.78, 5) is 29.2. The Kier molecular flexibility index (Phi) is 3.62. The average molecular weight is 301 g/mol. The summed E-state index contributed by atoms with van der Waals surface area (Å²) in [6, 6.07) is 5.89. The first kappa shape index (κ1) is 14.2. The fourth-order valence-electron chi connectivity index (χ4n) is 2.27. The third-order valence-electron chi connectivity index (χ3n) is 3.60. The van der Waals surface area contributed by atoms with Gasteiger partial charge in [-0.05, 0) is 31.9 Å². The molecule has 1 saturated carbocycles. The third-order valence-corrected chi connectivity index (χ3v) is 3.60. The molecule has 7 heteroatoms. The molecule has 1 fully saturated rings. The van der Waals surface area contributed by atoms with E-state index < -0.39 is 17.9 Å². The van der Waals surface area contributed by atoms with Crippen molar-refractivity contribution in [3.8, 4) is 11.4 Å². The molecule has 2 heterocycles. The maximum atomic E-state index is 12.5. The molecule has 3 rings (SSSR count). The number of nitrogens with zero attached hydrogens (tertiary/aromatic N) is 3. The number of rotatable bonds is 5. The molecule has 0 aliphatic heterocycles. The smallest absolute Gasteiger partial charge is 0.326 e. The summed E-state index contributed by atoms with van der Waals surface area (Å²) in [6.45, 7) is 1.49. The number of carboxylic acid groups (broad SMARTS) is 1. The Balaban J connectivity index is 1.85. The van der Waals surface area contributed by atoms with E-state index in [0.717, 1.165) is 12.8 Å². The standard InChI is InChI=1S/C15H15N3O4/c1-9(15(20)21)18(10-5-6-10)14(19)13-8-12(17-22-13)11-4-2-3-7-16-11/h2-4,7-10H,5-6H2,1H3,(H,20,21). The zero-order chi connectivity index (χ0) is 15.7. The van der Waals surface area contributed by atoms with E-state index in [2.05, 4.69) is 10.1 Å². The molecule has 1 N–H and O–H groups in total. The summed E-state index contributed by atoms with van der Waals surface area (Å²) < 4.78 is 5.10. The maximum Gasteiger partial charge on any atom is 0.326 e. The van der Waals surface area contributed by atoms with Crippen LogP contribution in [0.25, 0.3) is 11.4 Å². The molecule has 22 heavy (non-hydrogen) atoms. The van der Waals surface area contributed by atoms with Crippen LogP contribution in [0.3, 0.4) is 0 Å². The number of hydrogen-bond acceptors (Lipinski definition) is 5. The first-order chi connectivity index (χ1) is 10.6. The molecule has 1 unspecified atom stereocenters. The lowest BCUT2D eigenvalue weighted by Crippen LogP contribution is -2.44. The fraction of sp³-hybridized carbons (Fsp3) is 0.333. The maximum absolute atomic E-state index is 12.5. The highest BCUT2D eigenvalue weighted by molar-refractivity contribution is 5.95. The topological polar surface area (TPSA) is 96.5 Å². The van der Waals surface area contributed by atoms with Crippen LogP contribution in [0.4, 0.5) is 0 Å². The summed E-state index contributed by atoms with van der Waals surface area (Å²) in [5.41, 5.74) is 1.04. The lowest BCUT2D eigenvalue weighted by atomic mass is 10.2. The van der Waals surface area contributed by atoms with E-state index in [1.54, 1.807) is 18.3 Å². The molecule has 1 aliphatic carbocycles. The van der Waals surface area contributed by atoms with Crippen molar-refractivity contribution in [1.82, 2.24) is 15.0 Å². The quantitative estimate of drug-likeness (QED) is 0.904. The fourth-order valence-corrected chi connectivity index (χ4v) is 2.27. The summed E-state index contributed by atoms with van der Waals surface area (Å²) in [5.74, 6) is -1.46. The molecule has 0 radical (unpaired) electrons. The first-order valence-corrected chi connectivity index (χ1v) is 7.01. The molecule has 1 aliphatic rings.